The maximum Gasteiger partial charge on any atom is 0.229 e. The van der Waals surface area contributed by atoms with Gasteiger partial charge in [0.05, 0.1) is 0 Å². The Hall–Kier alpha value is -1.84. The number of amides is 2. The van der Waals surface area contributed by atoms with Crippen molar-refractivity contribution in [3.63, 3.8) is 0 Å². The lowest BCUT2D eigenvalue weighted by Gasteiger charge is -2.33. The van der Waals surface area contributed by atoms with Crippen molar-refractivity contribution in [1.82, 2.24) is 4.90 Å². The van der Waals surface area contributed by atoms with Crippen LogP contribution in [0.3, 0.4) is 0 Å². The molecule has 0 unspecified atom stereocenters. The lowest BCUT2D eigenvalue weighted by molar-refractivity contribution is -0.135. The molecule has 0 spiro atoms. The Morgan fingerprint density at radius 3 is 2.41 bits per heavy atom. The van der Waals surface area contributed by atoms with Crippen molar-refractivity contribution in [3.05, 3.63) is 30.3 Å². The van der Waals surface area contributed by atoms with Crippen molar-refractivity contribution >= 4 is 17.5 Å². The first-order chi connectivity index (χ1) is 10.6. The smallest absolute Gasteiger partial charge is 0.229 e. The molecule has 4 heteroatoms. The summed E-state index contributed by atoms with van der Waals surface area (Å²) in [5.74, 6) is 0.427. The van der Waals surface area contributed by atoms with Crippen LogP contribution in [0, 0.1) is 5.92 Å². The number of carbonyl (C=O) groups is 2. The number of hydrogen-bond acceptors (Lipinski definition) is 2. The molecule has 1 aromatic rings. The molecule has 1 fully saturated rings. The van der Waals surface area contributed by atoms with E-state index in [1.165, 1.54) is 0 Å². The van der Waals surface area contributed by atoms with Gasteiger partial charge in [0.25, 0.3) is 0 Å². The predicted octanol–water partition coefficient (Wildman–Crippen LogP) is 3.08. The minimum absolute atomic E-state index is 0.0282. The highest BCUT2D eigenvalue weighted by Gasteiger charge is 2.29. The molecule has 2 amide bonds. The highest BCUT2D eigenvalue weighted by Crippen LogP contribution is 2.23. The van der Waals surface area contributed by atoms with Crippen LogP contribution in [-0.2, 0) is 9.59 Å². The Bertz CT molecular complexity index is 493. The quantitative estimate of drug-likeness (QED) is 0.838. The SMILES string of the molecule is CCCCC(=O)N1CCC(C(=O)N(C)c2ccccc2)CC1. The van der Waals surface area contributed by atoms with E-state index in [-0.39, 0.29) is 17.7 Å². The number of para-hydroxylation sites is 1. The molecule has 1 aromatic carbocycles. The molecule has 1 aliphatic heterocycles. The highest BCUT2D eigenvalue weighted by molar-refractivity contribution is 5.94. The third-order valence-corrected chi connectivity index (χ3v) is 4.42. The highest BCUT2D eigenvalue weighted by atomic mass is 16.2. The molecule has 120 valence electrons. The fraction of sp³-hybridized carbons (Fsp3) is 0.556. The van der Waals surface area contributed by atoms with E-state index < -0.39 is 0 Å². The Morgan fingerprint density at radius 1 is 1.18 bits per heavy atom. The Labute approximate surface area is 133 Å². The van der Waals surface area contributed by atoms with Gasteiger partial charge in [0.1, 0.15) is 0 Å². The molecular weight excluding hydrogens is 276 g/mol. The normalized spacial score (nSPS) is 15.6. The summed E-state index contributed by atoms with van der Waals surface area (Å²) in [6.45, 7) is 3.51. The summed E-state index contributed by atoms with van der Waals surface area (Å²) < 4.78 is 0. The molecule has 2 rings (SSSR count). The number of rotatable bonds is 5. The second kappa shape index (κ2) is 7.97. The molecule has 4 nitrogen and oxygen atoms in total. The summed E-state index contributed by atoms with van der Waals surface area (Å²) in [5, 5.41) is 0. The predicted molar refractivity (Wildman–Crippen MR) is 88.7 cm³/mol. The van der Waals surface area contributed by atoms with Crippen molar-refractivity contribution in [2.45, 2.75) is 39.0 Å². The first-order valence-corrected chi connectivity index (χ1v) is 8.24. The lowest BCUT2D eigenvalue weighted by Crippen LogP contribution is -2.43. The summed E-state index contributed by atoms with van der Waals surface area (Å²) in [7, 11) is 1.83. The van der Waals surface area contributed by atoms with E-state index in [0.717, 1.165) is 31.4 Å². The van der Waals surface area contributed by atoms with Crippen LogP contribution in [0.5, 0.6) is 0 Å². The summed E-state index contributed by atoms with van der Waals surface area (Å²) in [4.78, 5) is 28.2. The third-order valence-electron chi connectivity index (χ3n) is 4.42. The summed E-state index contributed by atoms with van der Waals surface area (Å²) in [6.07, 6.45) is 4.18. The van der Waals surface area contributed by atoms with Gasteiger partial charge >= 0.3 is 0 Å². The maximum atomic E-state index is 12.6. The average molecular weight is 302 g/mol. The largest absolute Gasteiger partial charge is 0.343 e. The van der Waals surface area contributed by atoms with E-state index >= 15 is 0 Å². The number of carbonyl (C=O) groups excluding carboxylic acids is 2. The standard InChI is InChI=1S/C18H26N2O2/c1-3-4-10-17(21)20-13-11-15(12-14-20)18(22)19(2)16-8-6-5-7-9-16/h5-9,15H,3-4,10-14H2,1-2H3. The average Bonchev–Trinajstić information content (AvgIpc) is 2.59. The van der Waals surface area contributed by atoms with Crippen LogP contribution >= 0.6 is 0 Å². The van der Waals surface area contributed by atoms with E-state index in [0.29, 0.717) is 19.5 Å². The number of likely N-dealkylation sites (tertiary alicyclic amines) is 1. The monoisotopic (exact) mass is 302 g/mol. The lowest BCUT2D eigenvalue weighted by atomic mass is 9.95. The van der Waals surface area contributed by atoms with Crippen molar-refractivity contribution in [2.24, 2.45) is 5.92 Å². The number of benzene rings is 1. The fourth-order valence-corrected chi connectivity index (χ4v) is 2.91. The van der Waals surface area contributed by atoms with Gasteiger partial charge in [0.15, 0.2) is 0 Å². The van der Waals surface area contributed by atoms with Crippen molar-refractivity contribution in [2.75, 3.05) is 25.0 Å². The Kier molecular flexibility index (Phi) is 5.99. The summed E-state index contributed by atoms with van der Waals surface area (Å²) >= 11 is 0. The molecule has 22 heavy (non-hydrogen) atoms. The number of hydrogen-bond donors (Lipinski definition) is 0. The van der Waals surface area contributed by atoms with Gasteiger partial charge in [-0.25, -0.2) is 0 Å². The third kappa shape index (κ3) is 4.09. The van der Waals surface area contributed by atoms with E-state index in [1.54, 1.807) is 4.90 Å². The zero-order valence-electron chi connectivity index (χ0n) is 13.6. The molecule has 0 aliphatic carbocycles. The first-order valence-electron chi connectivity index (χ1n) is 8.24. The van der Waals surface area contributed by atoms with Crippen molar-refractivity contribution in [1.29, 1.82) is 0 Å². The van der Waals surface area contributed by atoms with Crippen molar-refractivity contribution in [3.8, 4) is 0 Å². The van der Waals surface area contributed by atoms with Crippen LogP contribution in [-0.4, -0.2) is 36.9 Å². The first kappa shape index (κ1) is 16.5. The van der Waals surface area contributed by atoms with Crippen LogP contribution in [0.2, 0.25) is 0 Å². The van der Waals surface area contributed by atoms with E-state index in [4.69, 9.17) is 0 Å². The molecule has 0 atom stereocenters. The second-order valence-electron chi connectivity index (χ2n) is 5.99. The molecule has 0 saturated carbocycles. The van der Waals surface area contributed by atoms with Gasteiger partial charge in [-0.2, -0.15) is 0 Å². The van der Waals surface area contributed by atoms with Crippen LogP contribution in [0.15, 0.2) is 30.3 Å². The fourth-order valence-electron chi connectivity index (χ4n) is 2.91. The van der Waals surface area contributed by atoms with Gasteiger partial charge in [0.2, 0.25) is 11.8 Å². The molecule has 1 heterocycles. The summed E-state index contributed by atoms with van der Waals surface area (Å²) in [6, 6.07) is 9.72. The van der Waals surface area contributed by atoms with Gasteiger partial charge in [-0.05, 0) is 31.4 Å². The molecule has 0 aromatic heterocycles. The zero-order valence-corrected chi connectivity index (χ0v) is 13.6. The minimum atomic E-state index is 0.0282. The van der Waals surface area contributed by atoms with Crippen LogP contribution in [0.25, 0.3) is 0 Å². The maximum absolute atomic E-state index is 12.6. The van der Waals surface area contributed by atoms with Gasteiger partial charge in [-0.1, -0.05) is 31.5 Å². The Morgan fingerprint density at radius 2 is 1.82 bits per heavy atom. The topological polar surface area (TPSA) is 40.6 Å². The van der Waals surface area contributed by atoms with Gasteiger partial charge in [0, 0.05) is 38.2 Å². The van der Waals surface area contributed by atoms with E-state index in [2.05, 4.69) is 6.92 Å². The molecule has 0 radical (unpaired) electrons. The molecule has 1 aliphatic rings. The molecule has 1 saturated heterocycles. The number of anilines is 1. The minimum Gasteiger partial charge on any atom is -0.343 e. The zero-order chi connectivity index (χ0) is 15.9. The second-order valence-corrected chi connectivity index (χ2v) is 5.99. The molecule has 0 N–H and O–H groups in total. The Balaban J connectivity index is 1.86. The molecule has 0 bridgehead atoms. The van der Waals surface area contributed by atoms with Crippen molar-refractivity contribution < 1.29 is 9.59 Å². The van der Waals surface area contributed by atoms with Crippen LogP contribution in [0.1, 0.15) is 39.0 Å². The van der Waals surface area contributed by atoms with Gasteiger partial charge in [-0.15, -0.1) is 0 Å². The molecular formula is C18H26N2O2. The number of nitrogens with zero attached hydrogens (tertiary/aromatic N) is 2. The van der Waals surface area contributed by atoms with Gasteiger partial charge in [-0.3, -0.25) is 9.59 Å². The van der Waals surface area contributed by atoms with E-state index in [9.17, 15) is 9.59 Å². The van der Waals surface area contributed by atoms with Gasteiger partial charge < -0.3 is 9.80 Å². The number of piperidine rings is 1. The van der Waals surface area contributed by atoms with Crippen LogP contribution < -0.4 is 4.90 Å². The van der Waals surface area contributed by atoms with E-state index in [1.807, 2.05) is 42.3 Å². The summed E-state index contributed by atoms with van der Waals surface area (Å²) in [5.41, 5.74) is 0.925. The van der Waals surface area contributed by atoms with Crippen LogP contribution in [0.4, 0.5) is 5.69 Å². The number of unbranched alkanes of at least 4 members (excludes halogenated alkanes) is 1.